The van der Waals surface area contributed by atoms with Crippen LogP contribution < -0.4 is 26.3 Å². The molecule has 2 aliphatic rings. The van der Waals surface area contributed by atoms with Gasteiger partial charge in [-0.3, -0.25) is 14.6 Å². The molecule has 1 aromatic heterocycles. The minimum Gasteiger partial charge on any atom is -0.507 e. The molecule has 0 radical (unpaired) electrons. The van der Waals surface area contributed by atoms with E-state index in [2.05, 4.69) is 15.3 Å². The number of aryl methyl sites for hydroxylation is 2. The number of nitrogens with one attached hydrogen (secondary N) is 1. The fourth-order valence-electron chi connectivity index (χ4n) is 6.49. The van der Waals surface area contributed by atoms with Crippen LogP contribution in [0.25, 0.3) is 0 Å². The zero-order chi connectivity index (χ0) is 37.0. The quantitative estimate of drug-likeness (QED) is 0.0489. The number of carbonyl (C=O) groups excluding carboxylic acids is 2. The number of ketones is 2. The standard InChI is InChI=1S/C35H43N5O11/c1-38-34(37)40-15-22-18(5-3-4-10-41)12-20-27(29(22)44)30(45)26-21(28(20)43)13-19(49-2)14-23(26)50-33-31(46)32(47)35(48,24(16-42)51-33)8-6-17-7-9-39-25(36)11-17/h7,9,11-14,24,31-33,41-42,44,46-48H,3-6,8,10,15-16H2,1-2H3,(H2,36,39)(H3,37,38,40). The molecule has 1 saturated heterocycles. The first-order valence-electron chi connectivity index (χ1n) is 16.4. The third-order valence-electron chi connectivity index (χ3n) is 9.33. The molecule has 0 bridgehead atoms. The third-order valence-corrected chi connectivity index (χ3v) is 9.33. The number of unbranched alkanes of at least 4 members (excludes halogenated alkanes) is 1. The Balaban J connectivity index is 1.51. The Bertz CT molecular complexity index is 1820. The van der Waals surface area contributed by atoms with Crippen LogP contribution >= 0.6 is 0 Å². The number of guanidine groups is 1. The van der Waals surface area contributed by atoms with Gasteiger partial charge in [-0.25, -0.2) is 4.98 Å². The summed E-state index contributed by atoms with van der Waals surface area (Å²) < 4.78 is 17.2. The molecule has 3 aromatic rings. The Hall–Kier alpha value is -4.84. The maximum Gasteiger partial charge on any atom is 0.229 e. The summed E-state index contributed by atoms with van der Waals surface area (Å²) in [5, 5.41) is 67.8. The number of nitrogen functional groups attached to an aromatic ring is 1. The molecule has 1 fully saturated rings. The van der Waals surface area contributed by atoms with E-state index in [4.69, 9.17) is 25.7 Å². The van der Waals surface area contributed by atoms with Crippen molar-refractivity contribution in [2.45, 2.75) is 68.9 Å². The molecule has 2 aromatic carbocycles. The van der Waals surface area contributed by atoms with Gasteiger partial charge in [-0.05, 0) is 67.5 Å². The fourth-order valence-corrected chi connectivity index (χ4v) is 6.49. The van der Waals surface area contributed by atoms with Crippen LogP contribution in [0.2, 0.25) is 0 Å². The van der Waals surface area contributed by atoms with Crippen LogP contribution in [-0.4, -0.2) is 111 Å². The Morgan fingerprint density at radius 3 is 2.49 bits per heavy atom. The number of hydrogen-bond donors (Lipinski definition) is 9. The number of nitrogens with two attached hydrogens (primary N) is 2. The van der Waals surface area contributed by atoms with E-state index in [1.807, 2.05) is 0 Å². The first-order chi connectivity index (χ1) is 24.4. The van der Waals surface area contributed by atoms with E-state index in [0.717, 1.165) is 0 Å². The number of benzene rings is 2. The minimum absolute atomic E-state index is 0.0307. The van der Waals surface area contributed by atoms with Crippen LogP contribution in [0.15, 0.2) is 41.5 Å². The van der Waals surface area contributed by atoms with Crippen LogP contribution in [0, 0.1) is 0 Å². The van der Waals surface area contributed by atoms with Crippen molar-refractivity contribution < 1.29 is 54.4 Å². The summed E-state index contributed by atoms with van der Waals surface area (Å²) in [4.78, 5) is 36.1. The maximum absolute atomic E-state index is 14.3. The molecule has 51 heavy (non-hydrogen) atoms. The van der Waals surface area contributed by atoms with E-state index in [1.54, 1.807) is 12.1 Å². The number of carbonyl (C=O) groups is 2. The van der Waals surface area contributed by atoms with E-state index in [9.17, 15) is 40.2 Å². The van der Waals surface area contributed by atoms with Gasteiger partial charge in [0.1, 0.15) is 47.0 Å². The van der Waals surface area contributed by atoms with Gasteiger partial charge >= 0.3 is 0 Å². The monoisotopic (exact) mass is 709 g/mol. The average molecular weight is 710 g/mol. The molecule has 5 unspecified atom stereocenters. The number of aliphatic hydroxyl groups excluding tert-OH is 4. The van der Waals surface area contributed by atoms with Crippen molar-refractivity contribution in [3.05, 3.63) is 75.5 Å². The van der Waals surface area contributed by atoms with Gasteiger partial charge in [0.25, 0.3) is 0 Å². The number of aromatic hydroxyl groups is 1. The molecule has 16 heteroatoms. The lowest BCUT2D eigenvalue weighted by Gasteiger charge is -2.47. The number of aliphatic imine (C=N–C) groups is 1. The third kappa shape index (κ3) is 7.33. The fraction of sp³-hybridized carbons (Fsp3) is 0.429. The topological polar surface area (TPSA) is 273 Å². The maximum atomic E-state index is 14.3. The number of phenols is 1. The molecule has 11 N–H and O–H groups in total. The second-order valence-electron chi connectivity index (χ2n) is 12.4. The van der Waals surface area contributed by atoms with Crippen LogP contribution in [-0.2, 0) is 24.1 Å². The molecule has 5 atom stereocenters. The van der Waals surface area contributed by atoms with Crippen molar-refractivity contribution in [2.24, 2.45) is 10.7 Å². The average Bonchev–Trinajstić information content (AvgIpc) is 3.12. The van der Waals surface area contributed by atoms with Crippen molar-refractivity contribution >= 4 is 23.3 Å². The van der Waals surface area contributed by atoms with Crippen molar-refractivity contribution in [2.75, 3.05) is 33.1 Å². The minimum atomic E-state index is -2.14. The molecule has 1 aliphatic heterocycles. The van der Waals surface area contributed by atoms with E-state index in [0.29, 0.717) is 36.0 Å². The van der Waals surface area contributed by atoms with Crippen LogP contribution in [0.1, 0.15) is 67.8 Å². The number of ether oxygens (including phenoxy) is 3. The molecule has 1 aliphatic carbocycles. The predicted molar refractivity (Wildman–Crippen MR) is 183 cm³/mol. The normalized spacial score (nSPS) is 23.1. The number of fused-ring (bicyclic) bond motifs is 2. The van der Waals surface area contributed by atoms with Gasteiger partial charge in [0, 0.05) is 49.2 Å². The largest absolute Gasteiger partial charge is 0.507 e. The van der Waals surface area contributed by atoms with Gasteiger partial charge in [0.15, 0.2) is 11.7 Å². The van der Waals surface area contributed by atoms with Crippen molar-refractivity contribution in [3.8, 4) is 17.2 Å². The SMILES string of the molecule is CN=C(N)NCc1c(CCCCO)cc2c(c1O)C(=O)c1c(OC3OC(CO)C(O)(CCc4ccnc(N)c4)C(O)C3O)cc(OC)cc1C2=O. The highest BCUT2D eigenvalue weighted by atomic mass is 16.7. The van der Waals surface area contributed by atoms with Crippen molar-refractivity contribution in [1.82, 2.24) is 10.3 Å². The number of phenolic OH excluding ortho intramolecular Hbond substituents is 1. The van der Waals surface area contributed by atoms with Crippen molar-refractivity contribution in [1.29, 1.82) is 0 Å². The number of aromatic nitrogens is 1. The summed E-state index contributed by atoms with van der Waals surface area (Å²) in [5.74, 6) is -1.72. The van der Waals surface area contributed by atoms with Gasteiger partial charge < -0.3 is 61.6 Å². The lowest BCUT2D eigenvalue weighted by Crippen LogP contribution is -2.68. The summed E-state index contributed by atoms with van der Waals surface area (Å²) in [6, 6.07) is 7.40. The summed E-state index contributed by atoms with van der Waals surface area (Å²) in [5.41, 5.74) is 10.2. The first-order valence-corrected chi connectivity index (χ1v) is 16.4. The molecule has 0 saturated carbocycles. The van der Waals surface area contributed by atoms with Gasteiger partial charge in [-0.2, -0.15) is 0 Å². The van der Waals surface area contributed by atoms with Crippen molar-refractivity contribution in [3.63, 3.8) is 0 Å². The second-order valence-corrected chi connectivity index (χ2v) is 12.4. The smallest absolute Gasteiger partial charge is 0.229 e. The summed E-state index contributed by atoms with van der Waals surface area (Å²) in [6.45, 7) is -0.863. The zero-order valence-electron chi connectivity index (χ0n) is 28.2. The number of anilines is 1. The van der Waals surface area contributed by atoms with E-state index in [1.165, 1.54) is 38.6 Å². The number of pyridine rings is 1. The lowest BCUT2D eigenvalue weighted by atomic mass is 9.79. The Morgan fingerprint density at radius 2 is 1.82 bits per heavy atom. The molecule has 2 heterocycles. The van der Waals surface area contributed by atoms with Crippen LogP contribution in [0.3, 0.4) is 0 Å². The first kappa shape index (κ1) is 37.4. The van der Waals surface area contributed by atoms with Crippen LogP contribution in [0.5, 0.6) is 17.2 Å². The molecular weight excluding hydrogens is 666 g/mol. The number of methoxy groups -OCH3 is 1. The molecule has 274 valence electrons. The van der Waals surface area contributed by atoms with E-state index < -0.39 is 54.1 Å². The summed E-state index contributed by atoms with van der Waals surface area (Å²) in [7, 11) is 2.80. The van der Waals surface area contributed by atoms with E-state index >= 15 is 0 Å². The van der Waals surface area contributed by atoms with Crippen LogP contribution in [0.4, 0.5) is 5.82 Å². The highest BCUT2D eigenvalue weighted by molar-refractivity contribution is 6.30. The van der Waals surface area contributed by atoms with Gasteiger partial charge in [-0.1, -0.05) is 0 Å². The van der Waals surface area contributed by atoms with E-state index in [-0.39, 0.29) is 71.5 Å². The molecule has 0 spiro atoms. The summed E-state index contributed by atoms with van der Waals surface area (Å²) in [6.07, 6.45) is -4.12. The number of rotatable bonds is 13. The highest BCUT2D eigenvalue weighted by Gasteiger charge is 2.55. The highest BCUT2D eigenvalue weighted by Crippen LogP contribution is 2.43. The zero-order valence-corrected chi connectivity index (χ0v) is 28.2. The molecular formula is C35H43N5O11. The number of nitrogens with zero attached hydrogens (tertiary/aromatic N) is 2. The van der Waals surface area contributed by atoms with Gasteiger partial charge in [-0.15, -0.1) is 0 Å². The lowest BCUT2D eigenvalue weighted by molar-refractivity contribution is -0.314. The molecule has 16 nitrogen and oxygen atoms in total. The Morgan fingerprint density at radius 1 is 1.08 bits per heavy atom. The Labute approximate surface area is 293 Å². The number of aliphatic hydroxyl groups is 5. The van der Waals surface area contributed by atoms with Gasteiger partial charge in [0.05, 0.1) is 24.8 Å². The van der Waals surface area contributed by atoms with Gasteiger partial charge in [0.2, 0.25) is 12.1 Å². The number of hydrogen-bond acceptors (Lipinski definition) is 14. The summed E-state index contributed by atoms with van der Waals surface area (Å²) >= 11 is 0. The Kier molecular flexibility index (Phi) is 11.4. The molecule has 0 amide bonds. The second kappa shape index (κ2) is 15.6. The predicted octanol–water partition coefficient (Wildman–Crippen LogP) is -0.316. The molecule has 5 rings (SSSR count).